The summed E-state index contributed by atoms with van der Waals surface area (Å²) in [5.41, 5.74) is 1.39. The summed E-state index contributed by atoms with van der Waals surface area (Å²) in [7, 11) is 7.26. The predicted octanol–water partition coefficient (Wildman–Crippen LogP) is 3.91. The maximum absolute atomic E-state index is 13.4. The Morgan fingerprint density at radius 2 is 1.86 bits per heavy atom. The zero-order valence-corrected chi connectivity index (χ0v) is 17.5. The van der Waals surface area contributed by atoms with Crippen molar-refractivity contribution < 1.29 is 14.3 Å². The first-order valence-electron chi connectivity index (χ1n) is 9.07. The molecule has 0 atom stereocenters. The number of nitrogens with zero attached hydrogens (tertiary/aromatic N) is 3. The molecule has 3 rings (SSSR count). The molecular formula is C21H25N3O3S. The zero-order chi connectivity index (χ0) is 20.1. The second-order valence-corrected chi connectivity index (χ2v) is 7.65. The lowest BCUT2D eigenvalue weighted by Crippen LogP contribution is -2.33. The molecule has 0 spiro atoms. The molecule has 3 aromatic rings. The fourth-order valence-electron chi connectivity index (χ4n) is 2.93. The highest BCUT2D eigenvalue weighted by atomic mass is 32.1. The van der Waals surface area contributed by atoms with Crippen molar-refractivity contribution in [2.24, 2.45) is 0 Å². The molecule has 0 saturated carbocycles. The van der Waals surface area contributed by atoms with Crippen molar-refractivity contribution in [1.29, 1.82) is 0 Å². The van der Waals surface area contributed by atoms with E-state index < -0.39 is 0 Å². The van der Waals surface area contributed by atoms with Crippen LogP contribution in [0.3, 0.4) is 0 Å². The Balaban J connectivity index is 1.97. The van der Waals surface area contributed by atoms with Crippen LogP contribution in [0.15, 0.2) is 42.5 Å². The average Bonchev–Trinajstić information content (AvgIpc) is 3.13. The number of thiazole rings is 1. The van der Waals surface area contributed by atoms with Crippen molar-refractivity contribution in [3.63, 3.8) is 0 Å². The minimum atomic E-state index is -0.109. The topological polar surface area (TPSA) is 54.9 Å². The third-order valence-electron chi connectivity index (χ3n) is 4.38. The second-order valence-electron chi connectivity index (χ2n) is 6.64. The molecular weight excluding hydrogens is 374 g/mol. The lowest BCUT2D eigenvalue weighted by molar-refractivity contribution is 0.0983. The maximum atomic E-state index is 13.4. The first-order chi connectivity index (χ1) is 13.5. The molecule has 0 bridgehead atoms. The van der Waals surface area contributed by atoms with Gasteiger partial charge in [-0.15, -0.1) is 0 Å². The van der Waals surface area contributed by atoms with Gasteiger partial charge < -0.3 is 14.4 Å². The van der Waals surface area contributed by atoms with E-state index in [1.807, 2.05) is 44.4 Å². The van der Waals surface area contributed by atoms with E-state index in [2.05, 4.69) is 4.90 Å². The van der Waals surface area contributed by atoms with Gasteiger partial charge >= 0.3 is 0 Å². The molecule has 0 N–H and O–H groups in total. The number of carbonyl (C=O) groups is 1. The Labute approximate surface area is 169 Å². The van der Waals surface area contributed by atoms with Crippen LogP contribution in [0.1, 0.15) is 16.8 Å². The van der Waals surface area contributed by atoms with Crippen molar-refractivity contribution in [3.05, 3.63) is 48.0 Å². The molecule has 0 saturated heterocycles. The van der Waals surface area contributed by atoms with Crippen molar-refractivity contribution in [1.82, 2.24) is 9.88 Å². The molecule has 2 aromatic carbocycles. The highest BCUT2D eigenvalue weighted by molar-refractivity contribution is 7.22. The summed E-state index contributed by atoms with van der Waals surface area (Å²) in [5, 5.41) is 0.679. The van der Waals surface area contributed by atoms with Crippen LogP contribution in [0.2, 0.25) is 0 Å². The summed E-state index contributed by atoms with van der Waals surface area (Å²) in [6.07, 6.45) is 0.840. The van der Waals surface area contributed by atoms with Crippen molar-refractivity contribution in [3.8, 4) is 11.5 Å². The first-order valence-corrected chi connectivity index (χ1v) is 9.89. The number of benzene rings is 2. The molecule has 0 radical (unpaired) electrons. The summed E-state index contributed by atoms with van der Waals surface area (Å²) in [6, 6.07) is 13.0. The monoisotopic (exact) mass is 399 g/mol. The molecule has 0 aliphatic heterocycles. The molecule has 1 heterocycles. The van der Waals surface area contributed by atoms with Crippen molar-refractivity contribution >= 4 is 32.6 Å². The van der Waals surface area contributed by atoms with E-state index in [0.29, 0.717) is 23.0 Å². The number of fused-ring (bicyclic) bond motifs is 1. The normalized spacial score (nSPS) is 11.0. The minimum absolute atomic E-state index is 0.109. The minimum Gasteiger partial charge on any atom is -0.497 e. The Bertz CT molecular complexity index is 955. The highest BCUT2D eigenvalue weighted by Crippen LogP contribution is 2.33. The van der Waals surface area contributed by atoms with E-state index in [1.54, 1.807) is 31.3 Å². The van der Waals surface area contributed by atoms with Crippen LogP contribution < -0.4 is 14.4 Å². The third kappa shape index (κ3) is 4.43. The number of amides is 1. The summed E-state index contributed by atoms with van der Waals surface area (Å²) in [4.78, 5) is 21.9. The van der Waals surface area contributed by atoms with Crippen LogP contribution in [-0.2, 0) is 0 Å². The molecule has 1 amide bonds. The number of methoxy groups -OCH3 is 2. The molecule has 6 nitrogen and oxygen atoms in total. The molecule has 7 heteroatoms. The van der Waals surface area contributed by atoms with Crippen molar-refractivity contribution in [2.75, 3.05) is 46.3 Å². The molecule has 0 aliphatic carbocycles. The fourth-order valence-corrected chi connectivity index (χ4v) is 3.95. The third-order valence-corrected chi connectivity index (χ3v) is 5.43. The van der Waals surface area contributed by atoms with Gasteiger partial charge in [-0.25, -0.2) is 4.98 Å². The number of carbonyl (C=O) groups excluding carboxylic acids is 1. The summed E-state index contributed by atoms with van der Waals surface area (Å²) in [5.74, 6) is 1.23. The number of aromatic nitrogens is 1. The van der Waals surface area contributed by atoms with Crippen LogP contribution in [0, 0.1) is 0 Å². The van der Waals surface area contributed by atoms with E-state index in [-0.39, 0.29) is 5.91 Å². The predicted molar refractivity (Wildman–Crippen MR) is 114 cm³/mol. The molecule has 0 fully saturated rings. The van der Waals surface area contributed by atoms with E-state index in [1.165, 1.54) is 11.3 Å². The van der Waals surface area contributed by atoms with E-state index >= 15 is 0 Å². The van der Waals surface area contributed by atoms with Gasteiger partial charge in [0.1, 0.15) is 11.5 Å². The Morgan fingerprint density at radius 3 is 2.57 bits per heavy atom. The first kappa shape index (κ1) is 20.1. The Morgan fingerprint density at radius 1 is 1.07 bits per heavy atom. The summed E-state index contributed by atoms with van der Waals surface area (Å²) >= 11 is 1.49. The van der Waals surface area contributed by atoms with Crippen LogP contribution in [0.25, 0.3) is 10.2 Å². The number of para-hydroxylation sites is 1. The number of anilines is 1. The number of hydrogen-bond donors (Lipinski definition) is 0. The van der Waals surface area contributed by atoms with Gasteiger partial charge in [0, 0.05) is 6.54 Å². The number of hydrogen-bond acceptors (Lipinski definition) is 6. The molecule has 1 aromatic heterocycles. The van der Waals surface area contributed by atoms with Gasteiger partial charge in [-0.05, 0) is 57.4 Å². The maximum Gasteiger partial charge on any atom is 0.263 e. The van der Waals surface area contributed by atoms with Crippen LogP contribution in [0.5, 0.6) is 11.5 Å². The second kappa shape index (κ2) is 9.03. The smallest absolute Gasteiger partial charge is 0.263 e. The van der Waals surface area contributed by atoms with Gasteiger partial charge in [0.2, 0.25) is 0 Å². The standard InChI is InChI=1S/C21H25N3O3S/c1-23(2)12-7-13-24(20(25)16-8-5-6-9-18(16)27-4)21-22-17-11-10-15(26-3)14-19(17)28-21/h5-6,8-11,14H,7,12-13H2,1-4H3. The lowest BCUT2D eigenvalue weighted by Gasteiger charge is -2.22. The van der Waals surface area contributed by atoms with E-state index in [4.69, 9.17) is 14.5 Å². The van der Waals surface area contributed by atoms with Gasteiger partial charge in [-0.2, -0.15) is 0 Å². The van der Waals surface area contributed by atoms with Gasteiger partial charge in [0.25, 0.3) is 5.91 Å². The van der Waals surface area contributed by atoms with Gasteiger partial charge in [0.15, 0.2) is 5.13 Å². The lowest BCUT2D eigenvalue weighted by atomic mass is 10.1. The van der Waals surface area contributed by atoms with Crippen LogP contribution >= 0.6 is 11.3 Å². The molecule has 0 aliphatic rings. The number of ether oxygens (including phenoxy) is 2. The largest absolute Gasteiger partial charge is 0.497 e. The molecule has 28 heavy (non-hydrogen) atoms. The van der Waals surface area contributed by atoms with Gasteiger partial charge in [-0.1, -0.05) is 23.5 Å². The van der Waals surface area contributed by atoms with Gasteiger partial charge in [0.05, 0.1) is 30.0 Å². The molecule has 0 unspecified atom stereocenters. The van der Waals surface area contributed by atoms with E-state index in [9.17, 15) is 4.79 Å². The number of rotatable bonds is 8. The van der Waals surface area contributed by atoms with Gasteiger partial charge in [-0.3, -0.25) is 9.69 Å². The highest BCUT2D eigenvalue weighted by Gasteiger charge is 2.23. The quantitative estimate of drug-likeness (QED) is 0.575. The Hall–Kier alpha value is -2.64. The average molecular weight is 400 g/mol. The van der Waals surface area contributed by atoms with Crippen LogP contribution in [0.4, 0.5) is 5.13 Å². The molecule has 148 valence electrons. The summed E-state index contributed by atoms with van der Waals surface area (Å²) in [6.45, 7) is 1.46. The summed E-state index contributed by atoms with van der Waals surface area (Å²) < 4.78 is 11.7. The van der Waals surface area contributed by atoms with Crippen molar-refractivity contribution in [2.45, 2.75) is 6.42 Å². The SMILES string of the molecule is COc1ccc2nc(N(CCCN(C)C)C(=O)c3ccccc3OC)sc2c1. The zero-order valence-electron chi connectivity index (χ0n) is 16.6. The van der Waals surface area contributed by atoms with Crippen LogP contribution in [-0.4, -0.2) is 57.2 Å². The fraction of sp³-hybridized carbons (Fsp3) is 0.333. The van der Waals surface area contributed by atoms with E-state index in [0.717, 1.165) is 28.9 Å². The Kier molecular flexibility index (Phi) is 6.49.